The molecule has 1 aromatic rings. The summed E-state index contributed by atoms with van der Waals surface area (Å²) in [5, 5.41) is 7.64. The Morgan fingerprint density at radius 3 is 3.00 bits per heavy atom. The van der Waals surface area contributed by atoms with Crippen LogP contribution in [0.15, 0.2) is 4.52 Å². The van der Waals surface area contributed by atoms with E-state index in [2.05, 4.69) is 24.3 Å². The molecule has 0 saturated heterocycles. The van der Waals surface area contributed by atoms with E-state index < -0.39 is 0 Å². The third-order valence-electron chi connectivity index (χ3n) is 3.64. The summed E-state index contributed by atoms with van der Waals surface area (Å²) in [6.07, 6.45) is 7.33. The highest BCUT2D eigenvalue weighted by Gasteiger charge is 2.24. The van der Waals surface area contributed by atoms with Gasteiger partial charge in [-0.25, -0.2) is 0 Å². The summed E-state index contributed by atoms with van der Waals surface area (Å²) in [4.78, 5) is 0. The third-order valence-corrected chi connectivity index (χ3v) is 3.64. The predicted octanol–water partition coefficient (Wildman–Crippen LogP) is 3.08. The topological polar surface area (TPSA) is 38.1 Å². The maximum absolute atomic E-state index is 5.45. The lowest BCUT2D eigenvalue weighted by molar-refractivity contribution is 0.339. The zero-order valence-electron chi connectivity index (χ0n) is 11.1. The normalized spacial score (nSPS) is 19.3. The van der Waals surface area contributed by atoms with Crippen molar-refractivity contribution in [2.75, 3.05) is 6.54 Å². The molecular weight excluding hydrogens is 212 g/mol. The van der Waals surface area contributed by atoms with Gasteiger partial charge in [0, 0.05) is 18.5 Å². The summed E-state index contributed by atoms with van der Waals surface area (Å²) in [7, 11) is 0. The Morgan fingerprint density at radius 1 is 1.35 bits per heavy atom. The minimum absolute atomic E-state index is 0.844. The molecule has 1 unspecified atom stereocenters. The molecule has 3 heteroatoms. The molecule has 0 saturated carbocycles. The van der Waals surface area contributed by atoms with Crippen molar-refractivity contribution in [3.63, 3.8) is 0 Å². The van der Waals surface area contributed by atoms with E-state index in [1.54, 1.807) is 0 Å². The zero-order chi connectivity index (χ0) is 12.1. The van der Waals surface area contributed by atoms with Gasteiger partial charge >= 0.3 is 0 Å². The Labute approximate surface area is 104 Å². The van der Waals surface area contributed by atoms with Crippen LogP contribution in [0, 0.1) is 5.92 Å². The van der Waals surface area contributed by atoms with Gasteiger partial charge in [0.15, 0.2) is 0 Å². The highest BCUT2D eigenvalue weighted by Crippen LogP contribution is 2.30. The average molecular weight is 236 g/mol. The van der Waals surface area contributed by atoms with Crippen LogP contribution in [0.3, 0.4) is 0 Å². The summed E-state index contributed by atoms with van der Waals surface area (Å²) in [6, 6.07) is 0. The Bertz CT molecular complexity index is 346. The molecule has 0 amide bonds. The van der Waals surface area contributed by atoms with E-state index in [4.69, 9.17) is 4.52 Å². The summed E-state index contributed by atoms with van der Waals surface area (Å²) >= 11 is 0. The van der Waals surface area contributed by atoms with Gasteiger partial charge in [-0.15, -0.1) is 0 Å². The number of rotatable bonds is 6. The molecule has 0 fully saturated rings. The first-order valence-electron chi connectivity index (χ1n) is 7.02. The molecule has 1 N–H and O–H groups in total. The van der Waals surface area contributed by atoms with Gasteiger partial charge in [0.2, 0.25) is 0 Å². The molecule has 1 aliphatic rings. The van der Waals surface area contributed by atoms with Crippen LogP contribution in [0.1, 0.15) is 56.5 Å². The molecule has 1 heterocycles. The molecule has 96 valence electrons. The molecule has 1 aliphatic carbocycles. The summed E-state index contributed by atoms with van der Waals surface area (Å²) in [5.41, 5.74) is 2.55. The van der Waals surface area contributed by atoms with E-state index in [-0.39, 0.29) is 0 Å². The standard InChI is InChI=1S/C14H24N2O/c1-3-5-11-6-7-14-12(9-11)13(16-17-14)10-15-8-4-2/h11,15H,3-10H2,1-2H3. The van der Waals surface area contributed by atoms with Crippen molar-refractivity contribution >= 4 is 0 Å². The molecule has 1 aromatic heterocycles. The largest absolute Gasteiger partial charge is 0.361 e. The predicted molar refractivity (Wildman–Crippen MR) is 68.9 cm³/mol. The second kappa shape index (κ2) is 6.20. The fourth-order valence-electron chi connectivity index (χ4n) is 2.71. The highest BCUT2D eigenvalue weighted by atomic mass is 16.5. The fraction of sp³-hybridized carbons (Fsp3) is 0.786. The van der Waals surface area contributed by atoms with Crippen molar-refractivity contribution in [1.29, 1.82) is 0 Å². The smallest absolute Gasteiger partial charge is 0.140 e. The second-order valence-corrected chi connectivity index (χ2v) is 5.11. The van der Waals surface area contributed by atoms with Gasteiger partial charge < -0.3 is 9.84 Å². The van der Waals surface area contributed by atoms with Gasteiger partial charge in [-0.05, 0) is 31.7 Å². The van der Waals surface area contributed by atoms with Crippen LogP contribution in [-0.4, -0.2) is 11.7 Å². The van der Waals surface area contributed by atoms with E-state index in [0.717, 1.165) is 36.9 Å². The lowest BCUT2D eigenvalue weighted by Crippen LogP contribution is -2.18. The van der Waals surface area contributed by atoms with E-state index in [9.17, 15) is 0 Å². The number of aryl methyl sites for hydroxylation is 1. The number of aromatic nitrogens is 1. The summed E-state index contributed by atoms with van der Waals surface area (Å²) in [6.45, 7) is 6.38. The van der Waals surface area contributed by atoms with Crippen molar-refractivity contribution in [3.05, 3.63) is 17.0 Å². The Balaban J connectivity index is 1.98. The molecule has 0 spiro atoms. The molecule has 0 radical (unpaired) electrons. The quantitative estimate of drug-likeness (QED) is 0.771. The van der Waals surface area contributed by atoms with Crippen LogP contribution in [0.2, 0.25) is 0 Å². The van der Waals surface area contributed by atoms with Crippen molar-refractivity contribution in [3.8, 4) is 0 Å². The first-order chi connectivity index (χ1) is 8.35. The minimum Gasteiger partial charge on any atom is -0.361 e. The molecule has 1 atom stereocenters. The monoisotopic (exact) mass is 236 g/mol. The Morgan fingerprint density at radius 2 is 2.24 bits per heavy atom. The Hall–Kier alpha value is -0.830. The highest BCUT2D eigenvalue weighted by molar-refractivity contribution is 5.26. The molecule has 0 aromatic carbocycles. The van der Waals surface area contributed by atoms with Crippen LogP contribution >= 0.6 is 0 Å². The molecule has 0 aliphatic heterocycles. The van der Waals surface area contributed by atoms with E-state index >= 15 is 0 Å². The van der Waals surface area contributed by atoms with Gasteiger partial charge in [0.25, 0.3) is 0 Å². The number of hydrogen-bond acceptors (Lipinski definition) is 3. The SMILES string of the molecule is CCCNCc1noc2c1CC(CCC)CC2. The first-order valence-corrected chi connectivity index (χ1v) is 7.02. The van der Waals surface area contributed by atoms with E-state index in [1.807, 2.05) is 0 Å². The maximum Gasteiger partial charge on any atom is 0.140 e. The number of fused-ring (bicyclic) bond motifs is 1. The maximum atomic E-state index is 5.45. The zero-order valence-corrected chi connectivity index (χ0v) is 11.1. The van der Waals surface area contributed by atoms with Crippen molar-refractivity contribution < 1.29 is 4.52 Å². The van der Waals surface area contributed by atoms with Crippen LogP contribution in [0.5, 0.6) is 0 Å². The minimum atomic E-state index is 0.844. The number of hydrogen-bond donors (Lipinski definition) is 1. The average Bonchev–Trinajstić information content (AvgIpc) is 2.73. The molecule has 0 bridgehead atoms. The summed E-state index contributed by atoms with van der Waals surface area (Å²) < 4.78 is 5.45. The van der Waals surface area contributed by atoms with E-state index in [0.29, 0.717) is 0 Å². The number of nitrogens with one attached hydrogen (secondary N) is 1. The van der Waals surface area contributed by atoms with Crippen molar-refractivity contribution in [2.45, 2.75) is 58.9 Å². The van der Waals surface area contributed by atoms with Gasteiger partial charge in [-0.1, -0.05) is 31.8 Å². The third kappa shape index (κ3) is 3.09. The van der Waals surface area contributed by atoms with Crippen LogP contribution in [0.25, 0.3) is 0 Å². The Kier molecular flexibility index (Phi) is 4.60. The van der Waals surface area contributed by atoms with Crippen molar-refractivity contribution in [2.24, 2.45) is 5.92 Å². The van der Waals surface area contributed by atoms with Crippen LogP contribution in [-0.2, 0) is 19.4 Å². The van der Waals surface area contributed by atoms with Crippen LogP contribution < -0.4 is 5.32 Å². The lowest BCUT2D eigenvalue weighted by atomic mass is 9.84. The molecular formula is C14H24N2O. The second-order valence-electron chi connectivity index (χ2n) is 5.11. The fourth-order valence-corrected chi connectivity index (χ4v) is 2.71. The summed E-state index contributed by atoms with van der Waals surface area (Å²) in [5.74, 6) is 1.99. The van der Waals surface area contributed by atoms with Gasteiger partial charge in [0.1, 0.15) is 11.5 Å². The first kappa shape index (κ1) is 12.6. The molecule has 3 nitrogen and oxygen atoms in total. The van der Waals surface area contributed by atoms with Crippen molar-refractivity contribution in [1.82, 2.24) is 10.5 Å². The van der Waals surface area contributed by atoms with Gasteiger partial charge in [-0.2, -0.15) is 0 Å². The molecule has 17 heavy (non-hydrogen) atoms. The van der Waals surface area contributed by atoms with Gasteiger partial charge in [0.05, 0.1) is 0 Å². The number of nitrogens with zero attached hydrogens (tertiary/aromatic N) is 1. The lowest BCUT2D eigenvalue weighted by Gasteiger charge is -2.20. The van der Waals surface area contributed by atoms with Gasteiger partial charge in [-0.3, -0.25) is 0 Å². The molecule has 2 rings (SSSR count). The van der Waals surface area contributed by atoms with Crippen LogP contribution in [0.4, 0.5) is 0 Å². The van der Waals surface area contributed by atoms with E-state index in [1.165, 1.54) is 37.7 Å².